The minimum atomic E-state index is 0.466. The van der Waals surface area contributed by atoms with Crippen LogP contribution in [0, 0.1) is 0 Å². The molecule has 1 aromatic rings. The second-order valence-electron chi connectivity index (χ2n) is 6.42. The van der Waals surface area contributed by atoms with Crippen molar-refractivity contribution in [2.24, 2.45) is 0 Å². The third-order valence-electron chi connectivity index (χ3n) is 5.14. The molecule has 0 atom stereocenters. The van der Waals surface area contributed by atoms with Gasteiger partial charge in [-0.05, 0) is 50.0 Å². The van der Waals surface area contributed by atoms with E-state index in [0.29, 0.717) is 17.9 Å². The van der Waals surface area contributed by atoms with Crippen molar-refractivity contribution in [3.05, 3.63) is 23.8 Å². The maximum absolute atomic E-state index is 5.44. The first-order valence-electron chi connectivity index (χ1n) is 8.21. The Hall–Kier alpha value is -0.960. The minimum Gasteiger partial charge on any atom is -0.381 e. The highest BCUT2D eigenvalue weighted by atomic mass is 16.5. The predicted molar refractivity (Wildman–Crippen MR) is 79.9 cm³/mol. The van der Waals surface area contributed by atoms with Gasteiger partial charge in [-0.15, -0.1) is 0 Å². The zero-order valence-corrected chi connectivity index (χ0v) is 12.6. The molecular formula is C17H26N2O. The second-order valence-corrected chi connectivity index (χ2v) is 6.42. The summed E-state index contributed by atoms with van der Waals surface area (Å²) in [5, 5.41) is 0. The summed E-state index contributed by atoms with van der Waals surface area (Å²) >= 11 is 0. The van der Waals surface area contributed by atoms with E-state index in [4.69, 9.17) is 4.74 Å². The van der Waals surface area contributed by atoms with E-state index in [0.717, 1.165) is 5.82 Å². The molecule has 0 bridgehead atoms. The van der Waals surface area contributed by atoms with E-state index in [2.05, 4.69) is 22.4 Å². The first kappa shape index (κ1) is 14.0. The number of methoxy groups -OCH3 is 1. The van der Waals surface area contributed by atoms with Gasteiger partial charge in [-0.2, -0.15) is 0 Å². The summed E-state index contributed by atoms with van der Waals surface area (Å²) in [6, 6.07) is 0. The van der Waals surface area contributed by atoms with Crippen molar-refractivity contribution >= 4 is 0 Å². The number of ether oxygens (including phenoxy) is 1. The van der Waals surface area contributed by atoms with Crippen LogP contribution in [-0.2, 0) is 4.74 Å². The first-order chi connectivity index (χ1) is 9.86. The topological polar surface area (TPSA) is 35.0 Å². The molecular weight excluding hydrogens is 248 g/mol. The standard InChI is InChI=1S/C17H26N2O/c1-20-16-9-7-13(8-10-16)15-11-18-17(19-12-15)14-5-3-2-4-6-14/h11-14,16H,2-10H2,1H3/t13-,16-. The van der Waals surface area contributed by atoms with Crippen LogP contribution >= 0.6 is 0 Å². The molecule has 3 heteroatoms. The van der Waals surface area contributed by atoms with Crippen molar-refractivity contribution in [1.82, 2.24) is 9.97 Å². The Bertz CT molecular complexity index is 404. The lowest BCUT2D eigenvalue weighted by atomic mass is 9.83. The van der Waals surface area contributed by atoms with Crippen LogP contribution in [0.1, 0.15) is 81.0 Å². The Kier molecular flexibility index (Phi) is 4.66. The molecule has 110 valence electrons. The third kappa shape index (κ3) is 3.20. The summed E-state index contributed by atoms with van der Waals surface area (Å²) < 4.78 is 5.44. The van der Waals surface area contributed by atoms with E-state index in [1.165, 1.54) is 63.4 Å². The first-order valence-corrected chi connectivity index (χ1v) is 8.21. The summed E-state index contributed by atoms with van der Waals surface area (Å²) in [5.41, 5.74) is 1.33. The molecule has 20 heavy (non-hydrogen) atoms. The molecule has 2 aliphatic carbocycles. The SMILES string of the molecule is CO[C@H]1CC[C@H](c2cnc(C3CCCCC3)nc2)CC1. The molecule has 2 fully saturated rings. The van der Waals surface area contributed by atoms with Crippen LogP contribution < -0.4 is 0 Å². The van der Waals surface area contributed by atoms with E-state index in [9.17, 15) is 0 Å². The fourth-order valence-corrected chi connectivity index (χ4v) is 3.76. The van der Waals surface area contributed by atoms with Crippen molar-refractivity contribution < 1.29 is 4.74 Å². The molecule has 0 aromatic carbocycles. The van der Waals surface area contributed by atoms with E-state index < -0.39 is 0 Å². The molecule has 0 aliphatic heterocycles. The zero-order chi connectivity index (χ0) is 13.8. The zero-order valence-electron chi connectivity index (χ0n) is 12.6. The van der Waals surface area contributed by atoms with Crippen LogP contribution in [0.5, 0.6) is 0 Å². The number of nitrogens with zero attached hydrogens (tertiary/aromatic N) is 2. The second kappa shape index (κ2) is 6.66. The largest absolute Gasteiger partial charge is 0.381 e. The smallest absolute Gasteiger partial charge is 0.131 e. The van der Waals surface area contributed by atoms with E-state index in [1.54, 1.807) is 0 Å². The van der Waals surface area contributed by atoms with Gasteiger partial charge in [-0.3, -0.25) is 0 Å². The molecule has 2 aliphatic rings. The summed E-state index contributed by atoms with van der Waals surface area (Å²) in [6.07, 6.45) is 16.0. The highest BCUT2D eigenvalue weighted by molar-refractivity contribution is 5.14. The van der Waals surface area contributed by atoms with Gasteiger partial charge in [0.05, 0.1) is 6.10 Å². The quantitative estimate of drug-likeness (QED) is 0.828. The molecule has 1 aromatic heterocycles. The molecule has 0 amide bonds. The Labute approximate surface area is 122 Å². The van der Waals surface area contributed by atoms with Crippen molar-refractivity contribution in [1.29, 1.82) is 0 Å². The van der Waals surface area contributed by atoms with Crippen molar-refractivity contribution in [2.45, 2.75) is 75.7 Å². The maximum atomic E-state index is 5.44. The van der Waals surface area contributed by atoms with Crippen LogP contribution in [0.4, 0.5) is 0 Å². The van der Waals surface area contributed by atoms with Crippen molar-refractivity contribution in [3.63, 3.8) is 0 Å². The maximum Gasteiger partial charge on any atom is 0.131 e. The average Bonchev–Trinajstić information content (AvgIpc) is 2.56. The summed E-state index contributed by atoms with van der Waals surface area (Å²) in [7, 11) is 1.83. The van der Waals surface area contributed by atoms with Crippen LogP contribution in [-0.4, -0.2) is 23.2 Å². The predicted octanol–water partition coefficient (Wildman–Crippen LogP) is 4.20. The van der Waals surface area contributed by atoms with Gasteiger partial charge in [0.25, 0.3) is 0 Å². The minimum absolute atomic E-state index is 0.466. The highest BCUT2D eigenvalue weighted by Gasteiger charge is 2.23. The van der Waals surface area contributed by atoms with E-state index in [1.807, 2.05) is 7.11 Å². The van der Waals surface area contributed by atoms with Crippen LogP contribution in [0.2, 0.25) is 0 Å². The van der Waals surface area contributed by atoms with Gasteiger partial charge in [0.2, 0.25) is 0 Å². The van der Waals surface area contributed by atoms with Gasteiger partial charge >= 0.3 is 0 Å². The average molecular weight is 274 g/mol. The van der Waals surface area contributed by atoms with Gasteiger partial charge in [-0.1, -0.05) is 19.3 Å². The van der Waals surface area contributed by atoms with Crippen LogP contribution in [0.25, 0.3) is 0 Å². The molecule has 3 rings (SSSR count). The summed E-state index contributed by atoms with van der Waals surface area (Å²) in [6.45, 7) is 0. The molecule has 0 N–H and O–H groups in total. The Morgan fingerprint density at radius 3 is 2.10 bits per heavy atom. The van der Waals surface area contributed by atoms with Gasteiger partial charge in [-0.25, -0.2) is 9.97 Å². The van der Waals surface area contributed by atoms with Gasteiger partial charge in [0.15, 0.2) is 0 Å². The van der Waals surface area contributed by atoms with Crippen LogP contribution in [0.15, 0.2) is 12.4 Å². The Morgan fingerprint density at radius 1 is 0.850 bits per heavy atom. The van der Waals surface area contributed by atoms with E-state index >= 15 is 0 Å². The van der Waals surface area contributed by atoms with E-state index in [-0.39, 0.29) is 0 Å². The molecule has 1 heterocycles. The molecule has 0 spiro atoms. The summed E-state index contributed by atoms with van der Waals surface area (Å²) in [5.74, 6) is 2.34. The third-order valence-corrected chi connectivity index (χ3v) is 5.14. The normalized spacial score (nSPS) is 28.4. The summed E-state index contributed by atoms with van der Waals surface area (Å²) in [4.78, 5) is 9.35. The van der Waals surface area contributed by atoms with Gasteiger partial charge in [0, 0.05) is 25.4 Å². The molecule has 0 radical (unpaired) electrons. The monoisotopic (exact) mass is 274 g/mol. The highest BCUT2D eigenvalue weighted by Crippen LogP contribution is 2.34. The molecule has 0 saturated heterocycles. The number of rotatable bonds is 3. The van der Waals surface area contributed by atoms with Gasteiger partial charge < -0.3 is 4.74 Å². The van der Waals surface area contributed by atoms with Crippen LogP contribution in [0.3, 0.4) is 0 Å². The lowest BCUT2D eigenvalue weighted by Gasteiger charge is -2.27. The lowest BCUT2D eigenvalue weighted by Crippen LogP contribution is -2.19. The molecule has 3 nitrogen and oxygen atoms in total. The fourth-order valence-electron chi connectivity index (χ4n) is 3.76. The Morgan fingerprint density at radius 2 is 1.50 bits per heavy atom. The lowest BCUT2D eigenvalue weighted by molar-refractivity contribution is 0.0658. The fraction of sp³-hybridized carbons (Fsp3) is 0.765. The van der Waals surface area contributed by atoms with Crippen molar-refractivity contribution in [2.75, 3.05) is 7.11 Å². The number of hydrogen-bond donors (Lipinski definition) is 0. The Balaban J connectivity index is 1.61. The molecule has 0 unspecified atom stereocenters. The molecule has 2 saturated carbocycles. The van der Waals surface area contributed by atoms with Gasteiger partial charge in [0.1, 0.15) is 5.82 Å². The number of hydrogen-bond acceptors (Lipinski definition) is 3. The van der Waals surface area contributed by atoms with Crippen molar-refractivity contribution in [3.8, 4) is 0 Å². The number of aromatic nitrogens is 2.